The quantitative estimate of drug-likeness (QED) is 0.702. The molecule has 1 saturated heterocycles. The highest BCUT2D eigenvalue weighted by molar-refractivity contribution is 7.91. The summed E-state index contributed by atoms with van der Waals surface area (Å²) in [6, 6.07) is -0.277. The molecule has 1 fully saturated rings. The van der Waals surface area contributed by atoms with Crippen LogP contribution >= 0.6 is 0 Å². The number of carbonyl (C=O) groups is 2. The van der Waals surface area contributed by atoms with E-state index >= 15 is 0 Å². The number of allylic oxidation sites excluding steroid dienone is 1. The number of sulfone groups is 1. The highest BCUT2D eigenvalue weighted by atomic mass is 32.2. The van der Waals surface area contributed by atoms with Crippen molar-refractivity contribution in [3.8, 4) is 0 Å². The fourth-order valence-electron chi connectivity index (χ4n) is 2.86. The van der Waals surface area contributed by atoms with Crippen molar-refractivity contribution < 1.29 is 18.0 Å². The molecule has 6 nitrogen and oxygen atoms in total. The van der Waals surface area contributed by atoms with E-state index in [4.69, 9.17) is 0 Å². The molecule has 0 spiro atoms. The van der Waals surface area contributed by atoms with Crippen molar-refractivity contribution in [2.24, 2.45) is 0 Å². The lowest BCUT2D eigenvalue weighted by Crippen LogP contribution is -2.37. The summed E-state index contributed by atoms with van der Waals surface area (Å²) >= 11 is 0. The minimum atomic E-state index is -2.98. The van der Waals surface area contributed by atoms with Gasteiger partial charge in [-0.1, -0.05) is 11.6 Å². The first kappa shape index (κ1) is 17.0. The Bertz CT molecular complexity index is 554. The van der Waals surface area contributed by atoms with E-state index in [0.717, 1.165) is 19.3 Å². The molecule has 0 radical (unpaired) electrons. The maximum Gasteiger partial charge on any atom is 0.224 e. The molecule has 0 aromatic carbocycles. The van der Waals surface area contributed by atoms with Gasteiger partial charge in [-0.15, -0.1) is 0 Å². The van der Waals surface area contributed by atoms with Crippen molar-refractivity contribution in [1.29, 1.82) is 0 Å². The van der Waals surface area contributed by atoms with E-state index in [2.05, 4.69) is 16.7 Å². The molecule has 2 N–H and O–H groups in total. The van der Waals surface area contributed by atoms with E-state index in [1.54, 1.807) is 0 Å². The Balaban J connectivity index is 1.60. The molecular formula is C15H24N2O4S. The van der Waals surface area contributed by atoms with Crippen LogP contribution in [0, 0.1) is 0 Å². The Morgan fingerprint density at radius 1 is 1.23 bits per heavy atom. The number of nitrogens with one attached hydrogen (secondary N) is 2. The molecule has 0 aromatic rings. The lowest BCUT2D eigenvalue weighted by Gasteiger charge is -2.13. The van der Waals surface area contributed by atoms with Gasteiger partial charge in [0.2, 0.25) is 11.8 Å². The Morgan fingerprint density at radius 3 is 2.68 bits per heavy atom. The summed E-state index contributed by atoms with van der Waals surface area (Å²) in [5, 5.41) is 5.45. The highest BCUT2D eigenvalue weighted by Crippen LogP contribution is 2.19. The van der Waals surface area contributed by atoms with Crippen LogP contribution in [0.1, 0.15) is 44.9 Å². The third kappa shape index (κ3) is 5.79. The van der Waals surface area contributed by atoms with Gasteiger partial charge >= 0.3 is 0 Å². The molecule has 1 heterocycles. The number of hydrogen-bond donors (Lipinski definition) is 2. The van der Waals surface area contributed by atoms with Gasteiger partial charge in [0.25, 0.3) is 0 Å². The fourth-order valence-corrected chi connectivity index (χ4v) is 4.53. The topological polar surface area (TPSA) is 92.3 Å². The van der Waals surface area contributed by atoms with E-state index in [1.807, 2.05) is 0 Å². The third-order valence-corrected chi connectivity index (χ3v) is 5.81. The third-order valence-electron chi connectivity index (χ3n) is 4.04. The summed E-state index contributed by atoms with van der Waals surface area (Å²) < 4.78 is 22.6. The number of rotatable bonds is 6. The van der Waals surface area contributed by atoms with Crippen LogP contribution in [0.2, 0.25) is 0 Å². The van der Waals surface area contributed by atoms with Gasteiger partial charge < -0.3 is 10.6 Å². The lowest BCUT2D eigenvalue weighted by atomic mass is 9.97. The van der Waals surface area contributed by atoms with Crippen molar-refractivity contribution in [3.05, 3.63) is 11.6 Å². The van der Waals surface area contributed by atoms with Crippen LogP contribution < -0.4 is 10.6 Å². The zero-order chi connectivity index (χ0) is 16.0. The van der Waals surface area contributed by atoms with Gasteiger partial charge in [-0.25, -0.2) is 8.42 Å². The molecule has 2 rings (SSSR count). The van der Waals surface area contributed by atoms with E-state index in [1.165, 1.54) is 12.0 Å². The van der Waals surface area contributed by atoms with Crippen molar-refractivity contribution in [2.45, 2.75) is 51.0 Å². The molecule has 7 heteroatoms. The van der Waals surface area contributed by atoms with Crippen molar-refractivity contribution in [1.82, 2.24) is 10.6 Å². The molecule has 124 valence electrons. The van der Waals surface area contributed by atoms with E-state index < -0.39 is 9.84 Å². The number of amides is 2. The van der Waals surface area contributed by atoms with Gasteiger partial charge in [0.1, 0.15) is 0 Å². The first-order valence-corrected chi connectivity index (χ1v) is 9.71. The summed E-state index contributed by atoms with van der Waals surface area (Å²) in [6.45, 7) is 0.289. The van der Waals surface area contributed by atoms with Crippen molar-refractivity contribution in [2.75, 3.05) is 18.1 Å². The minimum absolute atomic E-state index is 0.0270. The summed E-state index contributed by atoms with van der Waals surface area (Å²) in [7, 11) is -2.98. The smallest absolute Gasteiger partial charge is 0.224 e. The van der Waals surface area contributed by atoms with Crippen LogP contribution in [0.15, 0.2) is 11.6 Å². The molecule has 0 aromatic heterocycles. The molecule has 0 bridgehead atoms. The molecule has 1 aliphatic heterocycles. The van der Waals surface area contributed by atoms with Crippen LogP contribution in [0.3, 0.4) is 0 Å². The Labute approximate surface area is 131 Å². The summed E-state index contributed by atoms with van der Waals surface area (Å²) in [6.07, 6.45) is 7.60. The standard InChI is InChI=1S/C15H24N2O4S/c18-14(17-13-7-9-22(20,21)11-13)6-8-16-15(19)10-12-4-2-1-3-5-12/h4,13H,1-3,5-11H2,(H,16,19)(H,17,18). The second kappa shape index (κ2) is 7.76. The zero-order valence-electron chi connectivity index (χ0n) is 12.8. The molecule has 2 amide bonds. The predicted molar refractivity (Wildman–Crippen MR) is 84.0 cm³/mol. The van der Waals surface area contributed by atoms with Gasteiger partial charge in [-0.3, -0.25) is 9.59 Å². The molecule has 1 unspecified atom stereocenters. The molecular weight excluding hydrogens is 304 g/mol. The highest BCUT2D eigenvalue weighted by Gasteiger charge is 2.28. The molecule has 0 saturated carbocycles. The largest absolute Gasteiger partial charge is 0.355 e. The van der Waals surface area contributed by atoms with Gasteiger partial charge in [-0.2, -0.15) is 0 Å². The maximum atomic E-state index is 11.8. The number of hydrogen-bond acceptors (Lipinski definition) is 4. The van der Waals surface area contributed by atoms with Gasteiger partial charge in [-0.05, 0) is 32.1 Å². The average Bonchev–Trinajstić information content (AvgIpc) is 2.79. The molecule has 1 aliphatic carbocycles. The normalized spacial score (nSPS) is 23.6. The average molecular weight is 328 g/mol. The van der Waals surface area contributed by atoms with Gasteiger partial charge in [0, 0.05) is 25.4 Å². The number of carbonyl (C=O) groups excluding carboxylic acids is 2. The first-order chi connectivity index (χ1) is 10.4. The van der Waals surface area contributed by atoms with Gasteiger partial charge in [0.05, 0.1) is 11.5 Å². The molecule has 1 atom stereocenters. The summed E-state index contributed by atoms with van der Waals surface area (Å²) in [5.41, 5.74) is 1.18. The first-order valence-electron chi connectivity index (χ1n) is 7.89. The van der Waals surface area contributed by atoms with Crippen molar-refractivity contribution in [3.63, 3.8) is 0 Å². The summed E-state index contributed by atoms with van der Waals surface area (Å²) in [4.78, 5) is 23.5. The SMILES string of the molecule is O=C(CC1=CCCCC1)NCCC(=O)NC1CCS(=O)(=O)C1. The van der Waals surface area contributed by atoms with Crippen LogP contribution in [0.4, 0.5) is 0 Å². The van der Waals surface area contributed by atoms with Crippen molar-refractivity contribution >= 4 is 21.7 Å². The van der Waals surface area contributed by atoms with Crippen LogP contribution in [-0.2, 0) is 19.4 Å². The maximum absolute atomic E-state index is 11.8. The lowest BCUT2D eigenvalue weighted by molar-refractivity contribution is -0.122. The van der Waals surface area contributed by atoms with Crippen LogP contribution in [-0.4, -0.2) is 44.3 Å². The predicted octanol–water partition coefficient (Wildman–Crippen LogP) is 0.686. The monoisotopic (exact) mass is 328 g/mol. The minimum Gasteiger partial charge on any atom is -0.355 e. The van der Waals surface area contributed by atoms with Crippen LogP contribution in [0.5, 0.6) is 0 Å². The fraction of sp³-hybridized carbons (Fsp3) is 0.733. The second-order valence-electron chi connectivity index (χ2n) is 6.05. The van der Waals surface area contributed by atoms with E-state index in [9.17, 15) is 18.0 Å². The Kier molecular flexibility index (Phi) is 5.99. The summed E-state index contributed by atoms with van der Waals surface area (Å²) in [5.74, 6) is -0.0908. The molecule has 22 heavy (non-hydrogen) atoms. The van der Waals surface area contributed by atoms with E-state index in [0.29, 0.717) is 12.8 Å². The zero-order valence-corrected chi connectivity index (χ0v) is 13.6. The van der Waals surface area contributed by atoms with Crippen LogP contribution in [0.25, 0.3) is 0 Å². The second-order valence-corrected chi connectivity index (χ2v) is 8.28. The molecule has 2 aliphatic rings. The van der Waals surface area contributed by atoms with E-state index in [-0.39, 0.29) is 42.3 Å². The Morgan fingerprint density at radius 2 is 2.05 bits per heavy atom. The van der Waals surface area contributed by atoms with Gasteiger partial charge in [0.15, 0.2) is 9.84 Å². The Hall–Kier alpha value is -1.37.